The van der Waals surface area contributed by atoms with Gasteiger partial charge in [0, 0.05) is 0 Å². The van der Waals surface area contributed by atoms with Crippen LogP contribution in [0.15, 0.2) is 73.1 Å². The molecule has 0 atom stereocenters. The molecular formula is C21H19N3O7. The van der Waals surface area contributed by atoms with E-state index in [1.807, 2.05) is 0 Å². The highest BCUT2D eigenvalue weighted by Gasteiger charge is 2.20. The summed E-state index contributed by atoms with van der Waals surface area (Å²) in [6.45, 7) is -0.691. The molecule has 0 bridgehead atoms. The highest BCUT2D eigenvalue weighted by atomic mass is 16.6. The number of hydrogen-bond acceptors (Lipinski definition) is 8. The standard InChI is InChI=1S/C21H19N3O7/c25-19(16-7-3-1-4-8-16)29-13-18(14-30-20(26)17-9-5-2-6-10-17)31-15-23-12-11-22-21(23)24(27)28/h1-12,18H,13-15H2. The van der Waals surface area contributed by atoms with Gasteiger partial charge < -0.3 is 24.3 Å². The Balaban J connectivity index is 1.62. The number of nitro groups is 1. The van der Waals surface area contributed by atoms with Crippen LogP contribution < -0.4 is 0 Å². The zero-order chi connectivity index (χ0) is 22.1. The second kappa shape index (κ2) is 10.6. The van der Waals surface area contributed by atoms with Gasteiger partial charge in [-0.1, -0.05) is 41.4 Å². The molecule has 0 saturated heterocycles. The van der Waals surface area contributed by atoms with E-state index in [2.05, 4.69) is 4.98 Å². The van der Waals surface area contributed by atoms with Crippen LogP contribution in [0.3, 0.4) is 0 Å². The van der Waals surface area contributed by atoms with Gasteiger partial charge in [0.25, 0.3) is 0 Å². The summed E-state index contributed by atoms with van der Waals surface area (Å²) in [6, 6.07) is 16.7. The monoisotopic (exact) mass is 425 g/mol. The van der Waals surface area contributed by atoms with Crippen molar-refractivity contribution in [2.24, 2.45) is 0 Å². The van der Waals surface area contributed by atoms with Gasteiger partial charge in [-0.15, -0.1) is 0 Å². The first-order valence-electron chi connectivity index (χ1n) is 9.26. The summed E-state index contributed by atoms with van der Waals surface area (Å²) in [6.07, 6.45) is 1.78. The lowest BCUT2D eigenvalue weighted by Gasteiger charge is -2.17. The van der Waals surface area contributed by atoms with Crippen molar-refractivity contribution in [1.82, 2.24) is 9.55 Å². The summed E-state index contributed by atoms with van der Waals surface area (Å²) in [5.74, 6) is -1.55. The molecule has 3 rings (SSSR count). The maximum Gasteiger partial charge on any atom is 0.436 e. The molecule has 0 aliphatic heterocycles. The number of hydrogen-bond donors (Lipinski definition) is 0. The van der Waals surface area contributed by atoms with Crippen LogP contribution in [0.25, 0.3) is 0 Å². The van der Waals surface area contributed by atoms with Crippen molar-refractivity contribution in [2.45, 2.75) is 12.8 Å². The van der Waals surface area contributed by atoms with Crippen LogP contribution in [-0.2, 0) is 20.9 Å². The quantitative estimate of drug-likeness (QED) is 0.276. The minimum absolute atomic E-state index is 0.224. The SMILES string of the molecule is O=C(OCC(COC(=O)c1ccccc1)OCn1ccnc1[N+](=O)[O-])c1ccccc1. The van der Waals surface area contributed by atoms with E-state index in [1.54, 1.807) is 60.7 Å². The van der Waals surface area contributed by atoms with Gasteiger partial charge >= 0.3 is 17.9 Å². The molecule has 0 spiro atoms. The smallest absolute Gasteiger partial charge is 0.436 e. The number of carbonyl (C=O) groups excluding carboxylic acids is 2. The van der Waals surface area contributed by atoms with Crippen LogP contribution in [0.1, 0.15) is 20.7 Å². The van der Waals surface area contributed by atoms with E-state index >= 15 is 0 Å². The van der Waals surface area contributed by atoms with Crippen molar-refractivity contribution in [2.75, 3.05) is 13.2 Å². The normalized spacial score (nSPS) is 10.6. The fourth-order valence-corrected chi connectivity index (χ4v) is 2.56. The van der Waals surface area contributed by atoms with Crippen molar-refractivity contribution in [3.8, 4) is 0 Å². The Morgan fingerprint density at radius 1 is 0.935 bits per heavy atom. The lowest BCUT2D eigenvalue weighted by molar-refractivity contribution is -0.397. The van der Waals surface area contributed by atoms with E-state index in [4.69, 9.17) is 14.2 Å². The molecule has 160 valence electrons. The Bertz CT molecular complexity index is 966. The summed E-state index contributed by atoms with van der Waals surface area (Å²) < 4.78 is 17.3. The van der Waals surface area contributed by atoms with Crippen LogP contribution in [0.4, 0.5) is 5.95 Å². The molecule has 10 heteroatoms. The molecule has 1 heterocycles. The molecule has 2 aromatic carbocycles. The maximum absolute atomic E-state index is 12.2. The van der Waals surface area contributed by atoms with Gasteiger partial charge in [-0.2, -0.15) is 0 Å². The maximum atomic E-state index is 12.2. The minimum Gasteiger partial charge on any atom is -0.459 e. The Labute approximate surface area is 177 Å². The topological polar surface area (TPSA) is 123 Å². The van der Waals surface area contributed by atoms with E-state index in [-0.39, 0.29) is 19.9 Å². The molecule has 10 nitrogen and oxygen atoms in total. The van der Waals surface area contributed by atoms with Gasteiger partial charge in [-0.05, 0) is 29.2 Å². The lowest BCUT2D eigenvalue weighted by atomic mass is 10.2. The third-order valence-electron chi connectivity index (χ3n) is 4.13. The first kappa shape index (κ1) is 21.7. The number of nitrogens with zero attached hydrogens (tertiary/aromatic N) is 3. The van der Waals surface area contributed by atoms with Crippen LogP contribution in [-0.4, -0.2) is 45.7 Å². The Kier molecular flexibility index (Phi) is 7.44. The predicted octanol–water partition coefficient (Wildman–Crippen LogP) is 2.85. The second-order valence-electron chi connectivity index (χ2n) is 6.30. The third kappa shape index (κ3) is 6.21. The molecule has 31 heavy (non-hydrogen) atoms. The average Bonchev–Trinajstić information content (AvgIpc) is 3.28. The number of benzene rings is 2. The molecule has 0 amide bonds. The van der Waals surface area contributed by atoms with Crippen LogP contribution >= 0.6 is 0 Å². The lowest BCUT2D eigenvalue weighted by Crippen LogP contribution is -2.29. The first-order chi connectivity index (χ1) is 15.0. The summed E-state index contributed by atoms with van der Waals surface area (Å²) >= 11 is 0. The molecular weight excluding hydrogens is 406 g/mol. The largest absolute Gasteiger partial charge is 0.459 e. The third-order valence-corrected chi connectivity index (χ3v) is 4.13. The summed E-state index contributed by atoms with van der Waals surface area (Å²) in [4.78, 5) is 38.4. The Morgan fingerprint density at radius 2 is 1.45 bits per heavy atom. The van der Waals surface area contributed by atoms with Crippen molar-refractivity contribution in [3.05, 3.63) is 94.3 Å². The number of aromatic nitrogens is 2. The van der Waals surface area contributed by atoms with Crippen molar-refractivity contribution in [1.29, 1.82) is 0 Å². The van der Waals surface area contributed by atoms with E-state index in [1.165, 1.54) is 17.0 Å². The molecule has 1 aromatic heterocycles. The van der Waals surface area contributed by atoms with E-state index in [0.717, 1.165) is 0 Å². The molecule has 0 radical (unpaired) electrons. The summed E-state index contributed by atoms with van der Waals surface area (Å²) in [7, 11) is 0. The fraction of sp³-hybridized carbons (Fsp3) is 0.190. The van der Waals surface area contributed by atoms with Gasteiger partial charge in [0.05, 0.1) is 11.1 Å². The molecule has 0 aliphatic rings. The first-order valence-corrected chi connectivity index (χ1v) is 9.26. The highest BCUT2D eigenvalue weighted by Crippen LogP contribution is 2.10. The molecule has 0 saturated carbocycles. The number of ether oxygens (including phenoxy) is 3. The van der Waals surface area contributed by atoms with E-state index in [9.17, 15) is 19.7 Å². The Morgan fingerprint density at radius 3 is 1.94 bits per heavy atom. The van der Waals surface area contributed by atoms with Crippen molar-refractivity contribution in [3.63, 3.8) is 0 Å². The predicted molar refractivity (Wildman–Crippen MR) is 107 cm³/mol. The molecule has 0 unspecified atom stereocenters. The van der Waals surface area contributed by atoms with Crippen molar-refractivity contribution >= 4 is 17.9 Å². The van der Waals surface area contributed by atoms with Crippen LogP contribution in [0, 0.1) is 10.1 Å². The number of esters is 2. The molecule has 0 N–H and O–H groups in total. The zero-order valence-electron chi connectivity index (χ0n) is 16.3. The number of carbonyl (C=O) groups is 2. The van der Waals surface area contributed by atoms with Gasteiger partial charge in [0.1, 0.15) is 31.7 Å². The number of imidazole rings is 1. The van der Waals surface area contributed by atoms with Gasteiger partial charge in [-0.3, -0.25) is 0 Å². The number of rotatable bonds is 10. The summed E-state index contributed by atoms with van der Waals surface area (Å²) in [5, 5.41) is 11.0. The minimum atomic E-state index is -0.859. The highest BCUT2D eigenvalue weighted by molar-refractivity contribution is 5.89. The van der Waals surface area contributed by atoms with E-state index in [0.29, 0.717) is 11.1 Å². The Hall–Kier alpha value is -4.05. The van der Waals surface area contributed by atoms with Gasteiger partial charge in [-0.25, -0.2) is 14.2 Å². The zero-order valence-corrected chi connectivity index (χ0v) is 16.3. The summed E-state index contributed by atoms with van der Waals surface area (Å²) in [5.41, 5.74) is 0.709. The molecule has 3 aromatic rings. The van der Waals surface area contributed by atoms with Crippen LogP contribution in [0.2, 0.25) is 0 Å². The van der Waals surface area contributed by atoms with Crippen LogP contribution in [0.5, 0.6) is 0 Å². The molecule has 0 aliphatic carbocycles. The second-order valence-corrected chi connectivity index (χ2v) is 6.30. The fourth-order valence-electron chi connectivity index (χ4n) is 2.56. The molecule has 0 fully saturated rings. The van der Waals surface area contributed by atoms with Gasteiger partial charge in [0.2, 0.25) is 0 Å². The van der Waals surface area contributed by atoms with E-state index < -0.39 is 28.9 Å². The van der Waals surface area contributed by atoms with Crippen molar-refractivity contribution < 1.29 is 28.7 Å². The average molecular weight is 425 g/mol. The van der Waals surface area contributed by atoms with Gasteiger partial charge in [0.15, 0.2) is 6.73 Å².